The molecule has 0 aromatic carbocycles. The summed E-state index contributed by atoms with van der Waals surface area (Å²) in [6.07, 6.45) is 11.7. The first-order chi connectivity index (χ1) is 10.7. The summed E-state index contributed by atoms with van der Waals surface area (Å²) in [5, 5.41) is 3.11. The van der Waals surface area contributed by atoms with Gasteiger partial charge < -0.3 is 10.2 Å². The lowest BCUT2D eigenvalue weighted by Crippen LogP contribution is -2.37. The molecule has 1 aliphatic rings. The van der Waals surface area contributed by atoms with E-state index in [9.17, 15) is 4.79 Å². The van der Waals surface area contributed by atoms with E-state index in [0.717, 1.165) is 26.1 Å². The zero-order valence-electron chi connectivity index (χ0n) is 13.8. The third kappa shape index (κ3) is 6.56. The van der Waals surface area contributed by atoms with E-state index in [1.165, 1.54) is 37.7 Å². The smallest absolute Gasteiger partial charge is 0.221 e. The molecule has 2 rings (SSSR count). The summed E-state index contributed by atoms with van der Waals surface area (Å²) >= 11 is 0. The highest BCUT2D eigenvalue weighted by atomic mass is 16.1. The molecule has 1 aromatic rings. The molecule has 1 aliphatic heterocycles. The first-order valence-electron chi connectivity index (χ1n) is 8.64. The summed E-state index contributed by atoms with van der Waals surface area (Å²) in [4.78, 5) is 18.6. The van der Waals surface area contributed by atoms with Gasteiger partial charge in [-0.05, 0) is 57.0 Å². The van der Waals surface area contributed by atoms with Gasteiger partial charge in [-0.3, -0.25) is 9.78 Å². The zero-order valence-corrected chi connectivity index (χ0v) is 13.8. The fourth-order valence-corrected chi connectivity index (χ4v) is 3.07. The van der Waals surface area contributed by atoms with Crippen LogP contribution in [0.3, 0.4) is 0 Å². The van der Waals surface area contributed by atoms with Crippen molar-refractivity contribution in [1.29, 1.82) is 0 Å². The molecule has 22 heavy (non-hydrogen) atoms. The van der Waals surface area contributed by atoms with Crippen LogP contribution in [0.4, 0.5) is 0 Å². The van der Waals surface area contributed by atoms with Crippen molar-refractivity contribution in [3.05, 3.63) is 30.1 Å². The Balaban J connectivity index is 1.66. The van der Waals surface area contributed by atoms with Crippen LogP contribution in [-0.4, -0.2) is 41.5 Å². The molecule has 1 atom stereocenters. The van der Waals surface area contributed by atoms with Crippen molar-refractivity contribution < 1.29 is 4.79 Å². The number of rotatable bonds is 6. The van der Waals surface area contributed by atoms with E-state index in [2.05, 4.69) is 22.1 Å². The fourth-order valence-electron chi connectivity index (χ4n) is 3.07. The predicted molar refractivity (Wildman–Crippen MR) is 89.7 cm³/mol. The van der Waals surface area contributed by atoms with Crippen LogP contribution in [0, 0.1) is 0 Å². The van der Waals surface area contributed by atoms with Crippen molar-refractivity contribution >= 4 is 5.91 Å². The number of likely N-dealkylation sites (tertiary alicyclic amines) is 1. The maximum absolute atomic E-state index is 12.1. The molecule has 1 unspecified atom stereocenters. The molecule has 1 aromatic heterocycles. The van der Waals surface area contributed by atoms with Gasteiger partial charge in [-0.1, -0.05) is 19.3 Å². The summed E-state index contributed by atoms with van der Waals surface area (Å²) in [5.74, 6) is 0.170. The lowest BCUT2D eigenvalue weighted by Gasteiger charge is -2.24. The molecule has 1 saturated heterocycles. The molecule has 0 saturated carbocycles. The normalized spacial score (nSPS) is 18.2. The van der Waals surface area contributed by atoms with E-state index in [4.69, 9.17) is 0 Å². The molecule has 0 bridgehead atoms. The Hall–Kier alpha value is -1.42. The monoisotopic (exact) mass is 303 g/mol. The van der Waals surface area contributed by atoms with E-state index in [1.807, 2.05) is 12.1 Å². The number of nitrogens with zero attached hydrogens (tertiary/aromatic N) is 2. The van der Waals surface area contributed by atoms with Crippen molar-refractivity contribution in [1.82, 2.24) is 15.2 Å². The summed E-state index contributed by atoms with van der Waals surface area (Å²) in [6.45, 7) is 5.27. The second-order valence-corrected chi connectivity index (χ2v) is 6.39. The second-order valence-electron chi connectivity index (χ2n) is 6.39. The number of nitrogens with one attached hydrogen (secondary N) is 1. The average molecular weight is 303 g/mol. The molecule has 2 heterocycles. The number of amides is 1. The lowest BCUT2D eigenvalue weighted by molar-refractivity contribution is -0.122. The quantitative estimate of drug-likeness (QED) is 0.879. The van der Waals surface area contributed by atoms with Gasteiger partial charge in [0.2, 0.25) is 5.91 Å². The average Bonchev–Trinajstić information content (AvgIpc) is 2.47. The Morgan fingerprint density at radius 3 is 2.50 bits per heavy atom. The molecular formula is C18H29N3O. The van der Waals surface area contributed by atoms with E-state index in [0.29, 0.717) is 6.42 Å². The maximum atomic E-state index is 12.1. The first-order valence-corrected chi connectivity index (χ1v) is 8.64. The number of hydrogen-bond acceptors (Lipinski definition) is 3. The number of carbonyl (C=O) groups is 1. The third-order valence-electron chi connectivity index (χ3n) is 4.30. The molecule has 1 N–H and O–H groups in total. The molecule has 0 spiro atoms. The molecule has 1 amide bonds. The van der Waals surface area contributed by atoms with Gasteiger partial charge in [0.1, 0.15) is 0 Å². The third-order valence-corrected chi connectivity index (χ3v) is 4.30. The highest BCUT2D eigenvalue weighted by Crippen LogP contribution is 2.10. The highest BCUT2D eigenvalue weighted by molar-refractivity contribution is 5.76. The fraction of sp³-hybridized carbons (Fsp3) is 0.667. The molecule has 122 valence electrons. The molecule has 1 fully saturated rings. The Morgan fingerprint density at radius 1 is 1.18 bits per heavy atom. The van der Waals surface area contributed by atoms with E-state index >= 15 is 0 Å². The van der Waals surface area contributed by atoms with Gasteiger partial charge in [0.05, 0.1) is 0 Å². The number of aromatic nitrogens is 1. The van der Waals surface area contributed by atoms with Crippen molar-refractivity contribution in [2.24, 2.45) is 0 Å². The summed E-state index contributed by atoms with van der Waals surface area (Å²) in [5.41, 5.74) is 1.21. The highest BCUT2D eigenvalue weighted by Gasteiger charge is 2.12. The second kappa shape index (κ2) is 9.57. The SMILES string of the molecule is CC(Cc1ccncc1)NC(=O)CCN1CCCCCCC1. The minimum absolute atomic E-state index is 0.169. The summed E-state index contributed by atoms with van der Waals surface area (Å²) < 4.78 is 0. The van der Waals surface area contributed by atoms with Crippen molar-refractivity contribution in [3.8, 4) is 0 Å². The van der Waals surface area contributed by atoms with E-state index in [-0.39, 0.29) is 11.9 Å². The topological polar surface area (TPSA) is 45.2 Å². The van der Waals surface area contributed by atoms with Gasteiger partial charge in [0, 0.05) is 31.4 Å². The predicted octanol–water partition coefficient (Wildman–Crippen LogP) is 2.79. The van der Waals surface area contributed by atoms with Gasteiger partial charge in [-0.2, -0.15) is 0 Å². The van der Waals surface area contributed by atoms with Gasteiger partial charge in [-0.25, -0.2) is 0 Å². The summed E-state index contributed by atoms with van der Waals surface area (Å²) in [7, 11) is 0. The molecular weight excluding hydrogens is 274 g/mol. The largest absolute Gasteiger partial charge is 0.353 e. The number of carbonyl (C=O) groups excluding carboxylic acids is 1. The van der Waals surface area contributed by atoms with Crippen LogP contribution >= 0.6 is 0 Å². The standard InChI is InChI=1S/C18H29N3O/c1-16(15-17-7-10-19-11-8-17)20-18(22)9-14-21-12-5-3-2-4-6-13-21/h7-8,10-11,16H,2-6,9,12-15H2,1H3,(H,20,22). The van der Waals surface area contributed by atoms with Crippen LogP contribution in [0.15, 0.2) is 24.5 Å². The Morgan fingerprint density at radius 2 is 1.82 bits per heavy atom. The Bertz CT molecular complexity index is 427. The molecule has 0 radical (unpaired) electrons. The van der Waals surface area contributed by atoms with Crippen molar-refractivity contribution in [2.75, 3.05) is 19.6 Å². The lowest BCUT2D eigenvalue weighted by atomic mass is 10.1. The van der Waals surface area contributed by atoms with E-state index in [1.54, 1.807) is 12.4 Å². The minimum atomic E-state index is 0.169. The molecule has 4 heteroatoms. The zero-order chi connectivity index (χ0) is 15.6. The first kappa shape index (κ1) is 16.9. The van der Waals surface area contributed by atoms with Crippen LogP contribution in [0.5, 0.6) is 0 Å². The van der Waals surface area contributed by atoms with Gasteiger partial charge >= 0.3 is 0 Å². The minimum Gasteiger partial charge on any atom is -0.353 e. The van der Waals surface area contributed by atoms with Gasteiger partial charge in [0.15, 0.2) is 0 Å². The number of pyridine rings is 1. The Labute approximate surface area is 134 Å². The van der Waals surface area contributed by atoms with Crippen molar-refractivity contribution in [2.45, 2.75) is 57.9 Å². The van der Waals surface area contributed by atoms with Crippen LogP contribution in [0.25, 0.3) is 0 Å². The van der Waals surface area contributed by atoms with Crippen LogP contribution < -0.4 is 5.32 Å². The number of hydrogen-bond donors (Lipinski definition) is 1. The Kier molecular flexibility index (Phi) is 7.37. The van der Waals surface area contributed by atoms with Crippen LogP contribution in [-0.2, 0) is 11.2 Å². The maximum Gasteiger partial charge on any atom is 0.221 e. The van der Waals surface area contributed by atoms with Crippen LogP contribution in [0.1, 0.15) is 51.0 Å². The van der Waals surface area contributed by atoms with Gasteiger partial charge in [-0.15, -0.1) is 0 Å². The molecule has 0 aliphatic carbocycles. The molecule has 4 nitrogen and oxygen atoms in total. The van der Waals surface area contributed by atoms with Crippen molar-refractivity contribution in [3.63, 3.8) is 0 Å². The van der Waals surface area contributed by atoms with E-state index < -0.39 is 0 Å². The summed E-state index contributed by atoms with van der Waals surface area (Å²) in [6, 6.07) is 4.17. The van der Waals surface area contributed by atoms with Gasteiger partial charge in [0.25, 0.3) is 0 Å². The van der Waals surface area contributed by atoms with Crippen LogP contribution in [0.2, 0.25) is 0 Å².